The van der Waals surface area contributed by atoms with Crippen LogP contribution in [0.4, 0.5) is 0 Å². The van der Waals surface area contributed by atoms with Crippen LogP contribution in [0.5, 0.6) is 11.5 Å². The van der Waals surface area contributed by atoms with Gasteiger partial charge in [0.1, 0.15) is 0 Å². The normalized spacial score (nSPS) is 12.7. The fourth-order valence-corrected chi connectivity index (χ4v) is 3.01. The molecule has 0 bridgehead atoms. The zero-order valence-electron chi connectivity index (χ0n) is 11.5. The van der Waals surface area contributed by atoms with Crippen LogP contribution in [0.1, 0.15) is 23.0 Å². The number of aromatic carboxylic acids is 1. The summed E-state index contributed by atoms with van der Waals surface area (Å²) in [6.45, 7) is 2.21. The number of carbonyl (C=O) groups is 1. The summed E-state index contributed by atoms with van der Waals surface area (Å²) in [5.74, 6) is 0.353. The number of halogens is 1. The van der Waals surface area contributed by atoms with Gasteiger partial charge in [0.2, 0.25) is 6.79 Å². The van der Waals surface area contributed by atoms with E-state index in [0.717, 1.165) is 27.7 Å². The van der Waals surface area contributed by atoms with Crippen molar-refractivity contribution in [2.45, 2.75) is 13.3 Å². The molecular formula is C14H13BrN2O4. The molecule has 6 nitrogen and oxygen atoms in total. The highest BCUT2D eigenvalue weighted by Gasteiger charge is 2.25. The Bertz CT molecular complexity index is 739. The van der Waals surface area contributed by atoms with Crippen molar-refractivity contribution in [1.82, 2.24) is 9.78 Å². The second-order valence-electron chi connectivity index (χ2n) is 4.65. The van der Waals surface area contributed by atoms with Crippen molar-refractivity contribution in [3.05, 3.63) is 27.9 Å². The first-order valence-electron chi connectivity index (χ1n) is 6.41. The number of fused-ring (bicyclic) bond motifs is 1. The fourth-order valence-electron chi connectivity index (χ4n) is 2.49. The molecule has 1 aromatic carbocycles. The summed E-state index contributed by atoms with van der Waals surface area (Å²) in [6, 6.07) is 3.47. The zero-order valence-corrected chi connectivity index (χ0v) is 13.1. The molecule has 2 heterocycles. The SMILES string of the molecule is CCc1c(-c2cc(C(=O)O)nn2C)cc(Br)c2c1OCO2. The molecule has 3 rings (SSSR count). The van der Waals surface area contributed by atoms with E-state index in [1.165, 1.54) is 0 Å². The Labute approximate surface area is 129 Å². The number of hydrogen-bond acceptors (Lipinski definition) is 4. The molecule has 1 aromatic heterocycles. The summed E-state index contributed by atoms with van der Waals surface area (Å²) >= 11 is 3.47. The van der Waals surface area contributed by atoms with Gasteiger partial charge >= 0.3 is 5.97 Å². The van der Waals surface area contributed by atoms with Gasteiger partial charge in [-0.2, -0.15) is 5.10 Å². The number of ether oxygens (including phenoxy) is 2. The Morgan fingerprint density at radius 3 is 2.76 bits per heavy atom. The number of aromatic nitrogens is 2. The summed E-state index contributed by atoms with van der Waals surface area (Å²) in [5, 5.41) is 13.1. The molecule has 0 amide bonds. The smallest absolute Gasteiger partial charge is 0.356 e. The Morgan fingerprint density at radius 1 is 1.43 bits per heavy atom. The number of hydrogen-bond donors (Lipinski definition) is 1. The lowest BCUT2D eigenvalue weighted by Crippen LogP contribution is -2.00. The fraction of sp³-hybridized carbons (Fsp3) is 0.286. The lowest BCUT2D eigenvalue weighted by atomic mass is 10.0. The van der Waals surface area contributed by atoms with Crippen molar-refractivity contribution in [2.24, 2.45) is 7.05 Å². The van der Waals surface area contributed by atoms with Gasteiger partial charge in [0, 0.05) is 18.2 Å². The van der Waals surface area contributed by atoms with Crippen LogP contribution in [0.25, 0.3) is 11.3 Å². The third-order valence-corrected chi connectivity index (χ3v) is 4.02. The van der Waals surface area contributed by atoms with Crippen LogP contribution in [0.2, 0.25) is 0 Å². The van der Waals surface area contributed by atoms with Gasteiger partial charge in [-0.1, -0.05) is 6.92 Å². The van der Waals surface area contributed by atoms with Gasteiger partial charge in [0.05, 0.1) is 10.2 Å². The highest BCUT2D eigenvalue weighted by molar-refractivity contribution is 9.10. The predicted molar refractivity (Wildman–Crippen MR) is 78.8 cm³/mol. The van der Waals surface area contributed by atoms with Crippen LogP contribution < -0.4 is 9.47 Å². The van der Waals surface area contributed by atoms with Crippen molar-refractivity contribution >= 4 is 21.9 Å². The monoisotopic (exact) mass is 352 g/mol. The molecule has 1 N–H and O–H groups in total. The van der Waals surface area contributed by atoms with Crippen LogP contribution in [-0.4, -0.2) is 27.6 Å². The maximum atomic E-state index is 11.1. The van der Waals surface area contributed by atoms with Gasteiger partial charge < -0.3 is 14.6 Å². The van der Waals surface area contributed by atoms with Gasteiger partial charge in [0.25, 0.3) is 0 Å². The molecule has 0 aliphatic carbocycles. The van der Waals surface area contributed by atoms with Crippen LogP contribution in [0.15, 0.2) is 16.6 Å². The minimum atomic E-state index is -1.05. The average molecular weight is 353 g/mol. The van der Waals surface area contributed by atoms with Crippen LogP contribution in [-0.2, 0) is 13.5 Å². The number of aryl methyl sites for hydroxylation is 1. The minimum absolute atomic E-state index is 0.0170. The predicted octanol–water partition coefficient (Wildman–Crippen LogP) is 2.84. The van der Waals surface area contributed by atoms with E-state index in [-0.39, 0.29) is 12.5 Å². The van der Waals surface area contributed by atoms with Crippen molar-refractivity contribution in [2.75, 3.05) is 6.79 Å². The van der Waals surface area contributed by atoms with Crippen LogP contribution in [0.3, 0.4) is 0 Å². The summed E-state index contributed by atoms with van der Waals surface area (Å²) < 4.78 is 13.4. The number of nitrogens with zero attached hydrogens (tertiary/aromatic N) is 2. The van der Waals surface area contributed by atoms with Gasteiger partial charge in [-0.05, 0) is 34.5 Å². The lowest BCUT2D eigenvalue weighted by molar-refractivity contribution is 0.0689. The highest BCUT2D eigenvalue weighted by atomic mass is 79.9. The Kier molecular flexibility index (Phi) is 3.36. The van der Waals surface area contributed by atoms with E-state index in [0.29, 0.717) is 11.5 Å². The Morgan fingerprint density at radius 2 is 2.14 bits per heavy atom. The number of benzene rings is 1. The van der Waals surface area contributed by atoms with E-state index in [4.69, 9.17) is 14.6 Å². The van der Waals surface area contributed by atoms with Crippen molar-refractivity contribution in [3.8, 4) is 22.8 Å². The molecule has 1 aliphatic heterocycles. The maximum Gasteiger partial charge on any atom is 0.356 e. The topological polar surface area (TPSA) is 73.6 Å². The maximum absolute atomic E-state index is 11.1. The molecule has 0 saturated heterocycles. The van der Waals surface area contributed by atoms with Crippen molar-refractivity contribution in [3.63, 3.8) is 0 Å². The average Bonchev–Trinajstić information content (AvgIpc) is 3.05. The standard InChI is InChI=1S/C14H13BrN2O4/c1-3-7-8(4-9(15)13-12(7)20-6-21-13)11-5-10(14(18)19)16-17(11)2/h4-5H,3,6H2,1-2H3,(H,18,19). The van der Waals surface area contributed by atoms with Gasteiger partial charge in [-0.15, -0.1) is 0 Å². The zero-order chi connectivity index (χ0) is 15.1. The summed E-state index contributed by atoms with van der Waals surface area (Å²) in [5.41, 5.74) is 2.60. The molecule has 0 atom stereocenters. The molecular weight excluding hydrogens is 340 g/mol. The van der Waals surface area contributed by atoms with Crippen molar-refractivity contribution < 1.29 is 19.4 Å². The molecule has 7 heteroatoms. The summed E-state index contributed by atoms with van der Waals surface area (Å²) in [6.07, 6.45) is 0.738. The third-order valence-electron chi connectivity index (χ3n) is 3.43. The second-order valence-corrected chi connectivity index (χ2v) is 5.50. The first-order chi connectivity index (χ1) is 10.0. The Hall–Kier alpha value is -2.02. The molecule has 2 aromatic rings. The molecule has 110 valence electrons. The van der Waals surface area contributed by atoms with E-state index in [1.54, 1.807) is 17.8 Å². The van der Waals surface area contributed by atoms with Gasteiger partial charge in [-0.3, -0.25) is 4.68 Å². The minimum Gasteiger partial charge on any atom is -0.476 e. The van der Waals surface area contributed by atoms with E-state index in [9.17, 15) is 4.79 Å². The van der Waals surface area contributed by atoms with Gasteiger partial charge in [-0.25, -0.2) is 4.79 Å². The molecule has 21 heavy (non-hydrogen) atoms. The molecule has 0 saturated carbocycles. The van der Waals surface area contributed by atoms with E-state index < -0.39 is 5.97 Å². The summed E-state index contributed by atoms with van der Waals surface area (Å²) in [4.78, 5) is 11.1. The Balaban J connectivity index is 2.23. The van der Waals surface area contributed by atoms with Crippen molar-refractivity contribution in [1.29, 1.82) is 0 Å². The van der Waals surface area contributed by atoms with Crippen LogP contribution in [0, 0.1) is 0 Å². The number of carboxylic acid groups (broad SMARTS) is 1. The first kappa shape index (κ1) is 13.9. The highest BCUT2D eigenvalue weighted by Crippen LogP contribution is 2.46. The van der Waals surface area contributed by atoms with Gasteiger partial charge in [0.15, 0.2) is 17.2 Å². The largest absolute Gasteiger partial charge is 0.476 e. The molecule has 1 aliphatic rings. The number of carboxylic acids is 1. The van der Waals surface area contributed by atoms with Crippen LogP contribution >= 0.6 is 15.9 Å². The lowest BCUT2D eigenvalue weighted by Gasteiger charge is -2.12. The molecule has 0 spiro atoms. The first-order valence-corrected chi connectivity index (χ1v) is 7.21. The quantitative estimate of drug-likeness (QED) is 0.919. The molecule has 0 fully saturated rings. The third kappa shape index (κ3) is 2.17. The van der Waals surface area contributed by atoms with E-state index in [2.05, 4.69) is 21.0 Å². The van der Waals surface area contributed by atoms with E-state index >= 15 is 0 Å². The number of rotatable bonds is 3. The van der Waals surface area contributed by atoms with E-state index in [1.807, 2.05) is 13.0 Å². The molecule has 0 radical (unpaired) electrons. The second kappa shape index (κ2) is 5.07. The summed E-state index contributed by atoms with van der Waals surface area (Å²) in [7, 11) is 1.72. The molecule has 0 unspecified atom stereocenters.